The van der Waals surface area contributed by atoms with Crippen LogP contribution in [0.5, 0.6) is 11.5 Å². The molecular weight excluding hydrogens is 797 g/mol. The summed E-state index contributed by atoms with van der Waals surface area (Å²) in [5, 5.41) is 25.9. The molecule has 4 aliphatic rings. The first-order valence-electron chi connectivity index (χ1n) is 21.0. The van der Waals surface area contributed by atoms with E-state index in [1.54, 1.807) is 51.3 Å². The summed E-state index contributed by atoms with van der Waals surface area (Å²) >= 11 is 0. The molecule has 0 saturated heterocycles. The van der Waals surface area contributed by atoms with E-state index in [4.69, 9.17) is 33.2 Å². The Morgan fingerprint density at radius 3 is 2.08 bits per heavy atom. The zero-order valence-electron chi connectivity index (χ0n) is 36.1. The molecule has 13 nitrogen and oxygen atoms in total. The normalized spacial score (nSPS) is 29.1. The van der Waals surface area contributed by atoms with Gasteiger partial charge in [0.05, 0.1) is 45.2 Å². The van der Waals surface area contributed by atoms with Crippen LogP contribution < -0.4 is 9.47 Å². The van der Waals surface area contributed by atoms with Crippen LogP contribution in [0.2, 0.25) is 0 Å². The fourth-order valence-corrected chi connectivity index (χ4v) is 10.4. The van der Waals surface area contributed by atoms with E-state index in [9.17, 15) is 29.4 Å². The molecule has 0 radical (unpaired) electrons. The van der Waals surface area contributed by atoms with Gasteiger partial charge in [0.25, 0.3) is 0 Å². The quantitative estimate of drug-likeness (QED) is 0.0588. The lowest BCUT2D eigenvalue weighted by Crippen LogP contribution is -2.66. The van der Waals surface area contributed by atoms with Gasteiger partial charge in [-0.2, -0.15) is 0 Å². The molecule has 0 spiro atoms. The Labute approximate surface area is 361 Å². The smallest absolute Gasteiger partial charge is 0.310 e. The summed E-state index contributed by atoms with van der Waals surface area (Å²) in [6.07, 6.45) is 1.74. The number of ether oxygens (including phenoxy) is 7. The molecule has 3 aromatic rings. The summed E-state index contributed by atoms with van der Waals surface area (Å²) in [4.78, 5) is 55.3. The van der Waals surface area contributed by atoms with E-state index in [0.29, 0.717) is 35.8 Å². The van der Waals surface area contributed by atoms with Gasteiger partial charge in [-0.05, 0) is 46.9 Å². The number of esters is 3. The van der Waals surface area contributed by atoms with Crippen LogP contribution in [-0.2, 0) is 62.1 Å². The lowest BCUT2D eigenvalue weighted by molar-refractivity contribution is -0.228. The number of ketones is 1. The van der Waals surface area contributed by atoms with Crippen LogP contribution >= 0.6 is 0 Å². The number of hydrogen-bond acceptors (Lipinski definition) is 13. The summed E-state index contributed by atoms with van der Waals surface area (Å²) in [6, 6.07) is 23.3. The van der Waals surface area contributed by atoms with Gasteiger partial charge in [-0.3, -0.25) is 19.2 Å². The first-order chi connectivity index (χ1) is 29.6. The van der Waals surface area contributed by atoms with Crippen molar-refractivity contribution in [1.82, 2.24) is 0 Å². The highest BCUT2D eigenvalue weighted by Crippen LogP contribution is 2.77. The van der Waals surface area contributed by atoms with Crippen LogP contribution in [-0.4, -0.2) is 97.6 Å². The maximum atomic E-state index is 14.0. The maximum Gasteiger partial charge on any atom is 0.310 e. The van der Waals surface area contributed by atoms with Gasteiger partial charge in [0.2, 0.25) is 0 Å². The minimum atomic E-state index is -2.11. The predicted molar refractivity (Wildman–Crippen MR) is 225 cm³/mol. The molecule has 0 aromatic heterocycles. The number of Topliss-reactive ketones (excluding diaryl/α,β-unsaturated/α-hetero) is 1. The average Bonchev–Trinajstić information content (AvgIpc) is 3.67. The van der Waals surface area contributed by atoms with Gasteiger partial charge in [-0.1, -0.05) is 99.7 Å². The SMILES string of the molecule is COCCOCOc1ccc(CC(=O)OCC2=C[C@H]3[C@@H]4C(C)(C)[C@]4(OC(=O)Cc4ccccc4)[C@H](OC(=O)Cc4ccccc4)[C@@H](C)[C@]3(O)[C@@H]3C=C(C)C(=O)[C@@]3(O)C2)cc1OC. The maximum absolute atomic E-state index is 14.0. The molecule has 2 saturated carbocycles. The molecule has 2 fully saturated rings. The topological polar surface area (TPSA) is 173 Å². The molecule has 4 aliphatic carbocycles. The van der Waals surface area contributed by atoms with Crippen molar-refractivity contribution in [3.05, 3.63) is 119 Å². The highest BCUT2D eigenvalue weighted by atomic mass is 16.7. The van der Waals surface area contributed by atoms with Gasteiger partial charge in [-0.15, -0.1) is 0 Å². The van der Waals surface area contributed by atoms with Crippen molar-refractivity contribution < 1.29 is 62.5 Å². The molecule has 8 atom stereocenters. The van der Waals surface area contributed by atoms with Gasteiger partial charge in [0.1, 0.15) is 18.3 Å². The number of fused-ring (bicyclic) bond motifs is 5. The van der Waals surface area contributed by atoms with Gasteiger partial charge in [0.15, 0.2) is 29.7 Å². The Morgan fingerprint density at radius 1 is 0.790 bits per heavy atom. The Hall–Kier alpha value is -5.34. The molecule has 0 amide bonds. The molecule has 0 unspecified atom stereocenters. The summed E-state index contributed by atoms with van der Waals surface area (Å²) in [5.74, 6) is -5.06. The van der Waals surface area contributed by atoms with Crippen molar-refractivity contribution in [3.8, 4) is 11.5 Å². The number of benzene rings is 3. The number of methoxy groups -OCH3 is 2. The summed E-state index contributed by atoms with van der Waals surface area (Å²) in [5.41, 5.74) is -3.57. The van der Waals surface area contributed by atoms with Crippen LogP contribution in [0.3, 0.4) is 0 Å². The van der Waals surface area contributed by atoms with Gasteiger partial charge >= 0.3 is 17.9 Å². The number of hydrogen-bond donors (Lipinski definition) is 2. The van der Waals surface area contributed by atoms with E-state index < -0.39 is 75.7 Å². The van der Waals surface area contributed by atoms with Crippen molar-refractivity contribution in [3.63, 3.8) is 0 Å². The van der Waals surface area contributed by atoms with Crippen LogP contribution in [0.15, 0.2) is 102 Å². The van der Waals surface area contributed by atoms with E-state index in [0.717, 1.165) is 11.1 Å². The monoisotopic (exact) mass is 852 g/mol. The van der Waals surface area contributed by atoms with E-state index in [2.05, 4.69) is 0 Å². The second-order valence-electron chi connectivity index (χ2n) is 17.5. The third-order valence-electron chi connectivity index (χ3n) is 13.4. The molecule has 7 rings (SSSR count). The molecule has 0 bridgehead atoms. The molecule has 0 aliphatic heterocycles. The van der Waals surface area contributed by atoms with Crippen molar-refractivity contribution in [2.45, 2.75) is 76.3 Å². The molecule has 3 aromatic carbocycles. The van der Waals surface area contributed by atoms with Crippen molar-refractivity contribution >= 4 is 23.7 Å². The molecular formula is C49H56O13. The second kappa shape index (κ2) is 17.8. The Balaban J connectivity index is 1.19. The molecule has 330 valence electrons. The minimum Gasteiger partial charge on any atom is -0.493 e. The number of carbonyl (C=O) groups excluding carboxylic acids is 4. The van der Waals surface area contributed by atoms with Crippen molar-refractivity contribution in [2.75, 3.05) is 40.8 Å². The summed E-state index contributed by atoms with van der Waals surface area (Å²) < 4.78 is 40.3. The fraction of sp³-hybridized carbons (Fsp3) is 0.469. The third kappa shape index (κ3) is 8.19. The van der Waals surface area contributed by atoms with Crippen molar-refractivity contribution in [2.24, 2.45) is 29.1 Å². The molecule has 62 heavy (non-hydrogen) atoms. The highest BCUT2D eigenvalue weighted by Gasteiger charge is 2.88. The van der Waals surface area contributed by atoms with Gasteiger partial charge in [0, 0.05) is 42.6 Å². The number of carbonyl (C=O) groups is 4. The van der Waals surface area contributed by atoms with Crippen LogP contribution in [0.4, 0.5) is 0 Å². The number of rotatable bonds is 17. The first kappa shape index (κ1) is 44.7. The number of aliphatic hydroxyl groups is 2. The standard InChI is InChI=1S/C49H56O13/c1-30-21-39-47(54,44(30)53)27-35(28-59-40(50)26-34-17-18-37(38(23-34)57-6)60-29-58-20-19-56-5)22-36-43-46(3,4)49(43,62-42(52)25-33-15-11-8-12-16-33)45(31(2)48(36,39)55)61-41(51)24-32-13-9-7-10-14-32/h7-18,21-23,31,36,39,43,45,54-55H,19-20,24-29H2,1-6H3/t31-,36+,39-,43-,45-,47-,48-,49-/m1/s1. The molecule has 2 N–H and O–H groups in total. The first-order valence-corrected chi connectivity index (χ1v) is 21.0. The highest BCUT2D eigenvalue weighted by molar-refractivity contribution is 6.05. The lowest BCUT2D eigenvalue weighted by Gasteiger charge is -2.53. The van der Waals surface area contributed by atoms with Gasteiger partial charge in [-0.25, -0.2) is 0 Å². The molecule has 0 heterocycles. The molecule has 13 heteroatoms. The summed E-state index contributed by atoms with van der Waals surface area (Å²) in [6.45, 7) is 7.60. The van der Waals surface area contributed by atoms with Crippen molar-refractivity contribution in [1.29, 1.82) is 0 Å². The Bertz CT molecular complexity index is 2220. The van der Waals surface area contributed by atoms with Crippen LogP contribution in [0, 0.1) is 29.1 Å². The zero-order chi connectivity index (χ0) is 44.5. The largest absolute Gasteiger partial charge is 0.493 e. The van der Waals surface area contributed by atoms with E-state index in [1.807, 2.05) is 74.5 Å². The lowest BCUT2D eigenvalue weighted by atomic mass is 9.59. The second-order valence-corrected chi connectivity index (χ2v) is 17.5. The van der Waals surface area contributed by atoms with Crippen LogP contribution in [0.1, 0.15) is 50.8 Å². The summed E-state index contributed by atoms with van der Waals surface area (Å²) in [7, 11) is 3.06. The fourth-order valence-electron chi connectivity index (χ4n) is 10.4. The average molecular weight is 853 g/mol. The third-order valence-corrected chi connectivity index (χ3v) is 13.4. The minimum absolute atomic E-state index is 0.0226. The van der Waals surface area contributed by atoms with E-state index >= 15 is 0 Å². The van der Waals surface area contributed by atoms with E-state index in [-0.39, 0.29) is 44.7 Å². The van der Waals surface area contributed by atoms with Crippen LogP contribution in [0.25, 0.3) is 0 Å². The van der Waals surface area contributed by atoms with Gasteiger partial charge < -0.3 is 43.4 Å². The Kier molecular flexibility index (Phi) is 12.8. The predicted octanol–water partition coefficient (Wildman–Crippen LogP) is 5.32. The zero-order valence-corrected chi connectivity index (χ0v) is 36.1. The Morgan fingerprint density at radius 2 is 1.44 bits per heavy atom. The van der Waals surface area contributed by atoms with E-state index in [1.165, 1.54) is 7.11 Å².